The molecular weight excluding hydrogens is 400 g/mol. The molecule has 5 unspecified atom stereocenters. The highest BCUT2D eigenvalue weighted by molar-refractivity contribution is 7.80. The number of carboxylic acids is 2. The summed E-state index contributed by atoms with van der Waals surface area (Å²) in [6.07, 6.45) is -2.28. The molecular formula is C14H24N4O9S. The molecule has 0 bridgehead atoms. The maximum atomic E-state index is 12.3. The minimum absolute atomic E-state index is 0.298. The molecule has 14 heteroatoms. The number of hydrogen-bond acceptors (Lipinski definition) is 9. The number of carboxylic acid groups (broad SMARTS) is 2. The number of amides is 3. The smallest absolute Gasteiger partial charge is 0.328 e. The molecule has 9 N–H and O–H groups in total. The first-order valence-electron chi connectivity index (χ1n) is 7.95. The lowest BCUT2D eigenvalue weighted by Crippen LogP contribution is -2.59. The number of aliphatic hydroxyl groups excluding tert-OH is 2. The van der Waals surface area contributed by atoms with Crippen molar-refractivity contribution >= 4 is 42.3 Å². The lowest BCUT2D eigenvalue weighted by atomic mass is 10.1. The second kappa shape index (κ2) is 12.1. The molecule has 0 rings (SSSR count). The Morgan fingerprint density at radius 1 is 0.964 bits per heavy atom. The molecule has 0 heterocycles. The molecule has 0 aliphatic rings. The molecule has 0 aromatic rings. The lowest BCUT2D eigenvalue weighted by Gasteiger charge is -2.24. The Hall–Kier alpha value is -2.42. The molecule has 0 aromatic carbocycles. The summed E-state index contributed by atoms with van der Waals surface area (Å²) in [5.41, 5.74) is 5.29. The van der Waals surface area contributed by atoms with Gasteiger partial charge in [0.1, 0.15) is 18.1 Å². The van der Waals surface area contributed by atoms with Crippen molar-refractivity contribution in [2.45, 2.75) is 43.6 Å². The van der Waals surface area contributed by atoms with E-state index >= 15 is 0 Å². The normalized spacial score (nSPS) is 16.0. The summed E-state index contributed by atoms with van der Waals surface area (Å²) in [6.45, 7) is 0.390. The van der Waals surface area contributed by atoms with Crippen LogP contribution in [0.4, 0.5) is 0 Å². The third-order valence-electron chi connectivity index (χ3n) is 3.41. The summed E-state index contributed by atoms with van der Waals surface area (Å²) in [5, 5.41) is 42.2. The van der Waals surface area contributed by atoms with Crippen molar-refractivity contribution in [3.8, 4) is 0 Å². The van der Waals surface area contributed by atoms with E-state index < -0.39 is 73.0 Å². The highest BCUT2D eigenvalue weighted by atomic mass is 32.1. The minimum atomic E-state index is -1.65. The summed E-state index contributed by atoms with van der Waals surface area (Å²) in [7, 11) is 0. The van der Waals surface area contributed by atoms with Gasteiger partial charge in [-0.25, -0.2) is 4.79 Å². The van der Waals surface area contributed by atoms with Crippen molar-refractivity contribution in [3.05, 3.63) is 0 Å². The Balaban J connectivity index is 5.21. The van der Waals surface area contributed by atoms with E-state index in [-0.39, 0.29) is 5.75 Å². The average Bonchev–Trinajstić information content (AvgIpc) is 2.61. The fourth-order valence-corrected chi connectivity index (χ4v) is 2.11. The first-order valence-corrected chi connectivity index (χ1v) is 8.58. The summed E-state index contributed by atoms with van der Waals surface area (Å²) in [6, 6.07) is -6.06. The van der Waals surface area contributed by atoms with E-state index in [9.17, 15) is 29.1 Å². The maximum Gasteiger partial charge on any atom is 0.328 e. The topological polar surface area (TPSA) is 228 Å². The van der Waals surface area contributed by atoms with Crippen LogP contribution in [-0.4, -0.2) is 92.7 Å². The van der Waals surface area contributed by atoms with Gasteiger partial charge >= 0.3 is 11.9 Å². The van der Waals surface area contributed by atoms with E-state index in [0.717, 1.165) is 6.92 Å². The maximum absolute atomic E-state index is 12.3. The minimum Gasteiger partial charge on any atom is -0.481 e. The van der Waals surface area contributed by atoms with Gasteiger partial charge in [-0.3, -0.25) is 19.2 Å². The van der Waals surface area contributed by atoms with Crippen LogP contribution in [0.3, 0.4) is 0 Å². The number of thiol groups is 1. The Morgan fingerprint density at radius 2 is 1.46 bits per heavy atom. The SMILES string of the molecule is CC(O)C(NC(=O)C(CS)NC(=O)C(CC(=O)O)NC(=O)C(N)CO)C(=O)O. The number of aliphatic hydroxyl groups is 2. The van der Waals surface area contributed by atoms with Crippen LogP contribution in [0.2, 0.25) is 0 Å². The van der Waals surface area contributed by atoms with Gasteiger partial charge in [-0.15, -0.1) is 0 Å². The largest absolute Gasteiger partial charge is 0.481 e. The van der Waals surface area contributed by atoms with Crippen LogP contribution in [0, 0.1) is 0 Å². The third kappa shape index (κ3) is 8.51. The van der Waals surface area contributed by atoms with Gasteiger partial charge < -0.3 is 42.1 Å². The molecule has 0 spiro atoms. The first-order chi connectivity index (χ1) is 12.9. The lowest BCUT2D eigenvalue weighted by molar-refractivity contribution is -0.145. The van der Waals surface area contributed by atoms with Crippen molar-refractivity contribution in [2.24, 2.45) is 5.73 Å². The molecule has 0 saturated carbocycles. The van der Waals surface area contributed by atoms with Crippen molar-refractivity contribution in [2.75, 3.05) is 12.4 Å². The number of aliphatic carboxylic acids is 2. The van der Waals surface area contributed by atoms with Crippen molar-refractivity contribution < 1.29 is 44.4 Å². The zero-order chi connectivity index (χ0) is 22.0. The van der Waals surface area contributed by atoms with Gasteiger partial charge in [0.05, 0.1) is 19.1 Å². The zero-order valence-electron chi connectivity index (χ0n) is 14.9. The fourth-order valence-electron chi connectivity index (χ4n) is 1.85. The Kier molecular flexibility index (Phi) is 11.1. The van der Waals surface area contributed by atoms with Gasteiger partial charge in [0, 0.05) is 5.75 Å². The van der Waals surface area contributed by atoms with Crippen LogP contribution in [0.5, 0.6) is 0 Å². The molecule has 0 fully saturated rings. The number of carbonyl (C=O) groups excluding carboxylic acids is 3. The van der Waals surface area contributed by atoms with Crippen LogP contribution in [0.15, 0.2) is 0 Å². The van der Waals surface area contributed by atoms with Gasteiger partial charge in [0.25, 0.3) is 0 Å². The van der Waals surface area contributed by atoms with Crippen molar-refractivity contribution in [1.82, 2.24) is 16.0 Å². The quantitative estimate of drug-likeness (QED) is 0.137. The number of carbonyl (C=O) groups is 5. The van der Waals surface area contributed by atoms with E-state index in [1.54, 1.807) is 0 Å². The molecule has 0 aliphatic heterocycles. The molecule has 0 radical (unpaired) electrons. The number of hydrogen-bond donors (Lipinski definition) is 9. The van der Waals surface area contributed by atoms with E-state index in [0.29, 0.717) is 0 Å². The summed E-state index contributed by atoms with van der Waals surface area (Å²) in [5.74, 6) is -6.31. The van der Waals surface area contributed by atoms with E-state index in [4.69, 9.17) is 21.1 Å². The predicted octanol–water partition coefficient (Wildman–Crippen LogP) is -4.37. The molecule has 3 amide bonds. The van der Waals surface area contributed by atoms with Crippen LogP contribution < -0.4 is 21.7 Å². The van der Waals surface area contributed by atoms with Gasteiger partial charge in [-0.2, -0.15) is 12.6 Å². The Morgan fingerprint density at radius 3 is 1.86 bits per heavy atom. The summed E-state index contributed by atoms with van der Waals surface area (Å²) < 4.78 is 0. The molecule has 0 aromatic heterocycles. The van der Waals surface area contributed by atoms with Gasteiger partial charge in [-0.05, 0) is 6.92 Å². The van der Waals surface area contributed by atoms with E-state index in [1.807, 2.05) is 10.6 Å². The molecule has 0 aliphatic carbocycles. The highest BCUT2D eigenvalue weighted by Crippen LogP contribution is 2.00. The average molecular weight is 424 g/mol. The monoisotopic (exact) mass is 424 g/mol. The number of nitrogens with two attached hydrogens (primary N) is 1. The first kappa shape index (κ1) is 25.6. The second-order valence-corrected chi connectivity index (χ2v) is 6.12. The molecule has 5 atom stereocenters. The highest BCUT2D eigenvalue weighted by Gasteiger charge is 2.32. The van der Waals surface area contributed by atoms with Crippen molar-refractivity contribution in [3.63, 3.8) is 0 Å². The van der Waals surface area contributed by atoms with Crippen LogP contribution >= 0.6 is 12.6 Å². The van der Waals surface area contributed by atoms with Crippen LogP contribution in [0.1, 0.15) is 13.3 Å². The molecule has 0 saturated heterocycles. The van der Waals surface area contributed by atoms with Crippen LogP contribution in [0.25, 0.3) is 0 Å². The van der Waals surface area contributed by atoms with E-state index in [2.05, 4.69) is 17.9 Å². The fraction of sp³-hybridized carbons (Fsp3) is 0.643. The number of nitrogens with one attached hydrogen (secondary N) is 3. The molecule has 160 valence electrons. The van der Waals surface area contributed by atoms with Gasteiger partial charge in [0.2, 0.25) is 17.7 Å². The third-order valence-corrected chi connectivity index (χ3v) is 3.77. The summed E-state index contributed by atoms with van der Waals surface area (Å²) in [4.78, 5) is 58.1. The van der Waals surface area contributed by atoms with E-state index in [1.165, 1.54) is 0 Å². The predicted molar refractivity (Wildman–Crippen MR) is 96.3 cm³/mol. The standard InChI is InChI=1S/C14H24N4O9S/c1-5(20)10(14(26)27)18-13(25)8(4-28)17-12(24)7(2-9(21)22)16-11(23)6(15)3-19/h5-8,10,19-20,28H,2-4,15H2,1H3,(H,16,23)(H,17,24)(H,18,25)(H,21,22)(H,26,27). The molecule has 28 heavy (non-hydrogen) atoms. The number of rotatable bonds is 12. The van der Waals surface area contributed by atoms with Crippen LogP contribution in [-0.2, 0) is 24.0 Å². The van der Waals surface area contributed by atoms with Gasteiger partial charge in [0.15, 0.2) is 6.04 Å². The Labute approximate surface area is 165 Å². The summed E-state index contributed by atoms with van der Waals surface area (Å²) >= 11 is 3.87. The Bertz CT molecular complexity index is 601. The van der Waals surface area contributed by atoms with Crippen molar-refractivity contribution in [1.29, 1.82) is 0 Å². The second-order valence-electron chi connectivity index (χ2n) is 5.76. The zero-order valence-corrected chi connectivity index (χ0v) is 15.8. The molecule has 13 nitrogen and oxygen atoms in total. The van der Waals surface area contributed by atoms with Gasteiger partial charge in [-0.1, -0.05) is 0 Å².